The molecule has 5 fully saturated rings. The number of hydrogen-bond donors (Lipinski definition) is 1. The number of likely N-dealkylation sites (tertiary alicyclic amines) is 1. The molecule has 1 aliphatic heterocycles. The van der Waals surface area contributed by atoms with Crippen LogP contribution in [0.25, 0.3) is 0 Å². The van der Waals surface area contributed by atoms with Gasteiger partial charge < -0.3 is 10.6 Å². The summed E-state index contributed by atoms with van der Waals surface area (Å²) in [4.78, 5) is 15.2. The highest BCUT2D eigenvalue weighted by molar-refractivity contribution is 5.85. The van der Waals surface area contributed by atoms with Crippen LogP contribution in [-0.2, 0) is 4.79 Å². The number of amides is 1. The van der Waals surface area contributed by atoms with Gasteiger partial charge in [-0.25, -0.2) is 0 Å². The molecule has 0 radical (unpaired) electrons. The van der Waals surface area contributed by atoms with E-state index in [0.717, 1.165) is 43.7 Å². The lowest BCUT2D eigenvalue weighted by Crippen LogP contribution is -2.57. The lowest BCUT2D eigenvalue weighted by Gasteiger charge is -2.57. The standard InChI is InChI=1S/C16H26N2O.ClH/c17-14-2-1-3-18(10-14)15(19)16-7-11-4-12(8-16)6-13(5-11)9-16;/h11-14H,1-10,17H2;1H. The van der Waals surface area contributed by atoms with Gasteiger partial charge in [0.2, 0.25) is 5.91 Å². The van der Waals surface area contributed by atoms with Crippen LogP contribution in [0.3, 0.4) is 0 Å². The number of carbonyl (C=O) groups is 1. The van der Waals surface area contributed by atoms with E-state index in [1.807, 2.05) is 0 Å². The summed E-state index contributed by atoms with van der Waals surface area (Å²) in [6.45, 7) is 1.76. The van der Waals surface area contributed by atoms with Crippen molar-refractivity contribution in [2.75, 3.05) is 13.1 Å². The molecule has 4 bridgehead atoms. The van der Waals surface area contributed by atoms with Crippen molar-refractivity contribution in [1.82, 2.24) is 4.90 Å². The number of nitrogens with two attached hydrogens (primary N) is 1. The highest BCUT2D eigenvalue weighted by Gasteiger charge is 2.55. The van der Waals surface area contributed by atoms with Gasteiger partial charge >= 0.3 is 0 Å². The molecular formula is C16H27ClN2O. The number of carbonyl (C=O) groups excluding carboxylic acids is 1. The summed E-state index contributed by atoms with van der Waals surface area (Å²) in [5.74, 6) is 3.04. The predicted molar refractivity (Wildman–Crippen MR) is 81.6 cm³/mol. The van der Waals surface area contributed by atoms with Crippen LogP contribution in [0.1, 0.15) is 51.4 Å². The van der Waals surface area contributed by atoms with Gasteiger partial charge in [0, 0.05) is 19.1 Å². The lowest BCUT2D eigenvalue weighted by molar-refractivity contribution is -0.158. The Morgan fingerprint density at radius 3 is 2.10 bits per heavy atom. The van der Waals surface area contributed by atoms with Crippen molar-refractivity contribution in [3.05, 3.63) is 0 Å². The minimum atomic E-state index is 0. The monoisotopic (exact) mass is 298 g/mol. The lowest BCUT2D eigenvalue weighted by atomic mass is 9.49. The van der Waals surface area contributed by atoms with E-state index in [9.17, 15) is 4.79 Å². The van der Waals surface area contributed by atoms with E-state index in [2.05, 4.69) is 4.90 Å². The van der Waals surface area contributed by atoms with Gasteiger partial charge in [-0.15, -0.1) is 12.4 Å². The Morgan fingerprint density at radius 2 is 1.60 bits per heavy atom. The van der Waals surface area contributed by atoms with Gasteiger partial charge in [-0.2, -0.15) is 0 Å². The molecule has 0 aromatic heterocycles. The molecule has 1 amide bonds. The van der Waals surface area contributed by atoms with Gasteiger partial charge in [0.25, 0.3) is 0 Å². The van der Waals surface area contributed by atoms with Crippen LogP contribution < -0.4 is 5.73 Å². The molecule has 4 saturated carbocycles. The van der Waals surface area contributed by atoms with E-state index >= 15 is 0 Å². The zero-order valence-electron chi connectivity index (χ0n) is 12.2. The summed E-state index contributed by atoms with van der Waals surface area (Å²) in [7, 11) is 0. The zero-order valence-corrected chi connectivity index (χ0v) is 13.0. The van der Waals surface area contributed by atoms with Gasteiger partial charge in [-0.05, 0) is 69.1 Å². The highest BCUT2D eigenvalue weighted by atomic mass is 35.5. The van der Waals surface area contributed by atoms with Crippen molar-refractivity contribution in [2.24, 2.45) is 28.9 Å². The maximum atomic E-state index is 13.1. The molecule has 4 aliphatic carbocycles. The molecule has 3 nitrogen and oxygen atoms in total. The Bertz CT molecular complexity index is 363. The zero-order chi connectivity index (χ0) is 13.0. The summed E-state index contributed by atoms with van der Waals surface area (Å²) in [6, 6.07) is 0.214. The average molecular weight is 299 g/mol. The molecule has 1 atom stereocenters. The average Bonchev–Trinajstić information content (AvgIpc) is 2.36. The predicted octanol–water partition coefficient (Wildman–Crippen LogP) is 2.57. The fraction of sp³-hybridized carbons (Fsp3) is 0.938. The molecule has 0 aromatic carbocycles. The number of piperidine rings is 1. The Morgan fingerprint density at radius 1 is 1.05 bits per heavy atom. The maximum absolute atomic E-state index is 13.1. The number of rotatable bonds is 1. The molecule has 1 saturated heterocycles. The highest BCUT2D eigenvalue weighted by Crippen LogP contribution is 2.60. The molecule has 1 heterocycles. The van der Waals surface area contributed by atoms with E-state index in [1.165, 1.54) is 38.5 Å². The summed E-state index contributed by atoms with van der Waals surface area (Å²) in [5, 5.41) is 0. The Kier molecular flexibility index (Phi) is 3.79. The summed E-state index contributed by atoms with van der Waals surface area (Å²) < 4.78 is 0. The Balaban J connectivity index is 0.00000121. The van der Waals surface area contributed by atoms with Gasteiger partial charge in [0.05, 0.1) is 5.41 Å². The van der Waals surface area contributed by atoms with Crippen molar-refractivity contribution in [1.29, 1.82) is 0 Å². The SMILES string of the molecule is Cl.NC1CCCN(C(=O)C23CC4CC(CC(C4)C2)C3)C1. The van der Waals surface area contributed by atoms with Crippen LogP contribution in [0.2, 0.25) is 0 Å². The molecule has 5 aliphatic rings. The van der Waals surface area contributed by atoms with Gasteiger partial charge in [0.1, 0.15) is 0 Å². The van der Waals surface area contributed by atoms with Crippen molar-refractivity contribution < 1.29 is 4.79 Å². The first-order valence-electron chi connectivity index (χ1n) is 8.19. The van der Waals surface area contributed by atoms with E-state index < -0.39 is 0 Å². The fourth-order valence-corrected chi connectivity index (χ4v) is 5.90. The summed E-state index contributed by atoms with van der Waals surface area (Å²) >= 11 is 0. The number of nitrogens with zero attached hydrogens (tertiary/aromatic N) is 1. The topological polar surface area (TPSA) is 46.3 Å². The second-order valence-electron chi connectivity index (χ2n) is 7.85. The van der Waals surface area contributed by atoms with Crippen LogP contribution >= 0.6 is 12.4 Å². The second kappa shape index (κ2) is 5.17. The largest absolute Gasteiger partial charge is 0.341 e. The minimum absolute atomic E-state index is 0. The molecule has 114 valence electrons. The summed E-state index contributed by atoms with van der Waals surface area (Å²) in [5.41, 5.74) is 6.09. The minimum Gasteiger partial charge on any atom is -0.341 e. The molecule has 4 heteroatoms. The van der Waals surface area contributed by atoms with Crippen molar-refractivity contribution >= 4 is 18.3 Å². The smallest absolute Gasteiger partial charge is 0.228 e. The molecule has 2 N–H and O–H groups in total. The molecule has 0 spiro atoms. The first-order valence-corrected chi connectivity index (χ1v) is 8.19. The Hall–Kier alpha value is -0.280. The van der Waals surface area contributed by atoms with Crippen LogP contribution in [0, 0.1) is 23.2 Å². The van der Waals surface area contributed by atoms with Gasteiger partial charge in [-0.3, -0.25) is 4.79 Å². The van der Waals surface area contributed by atoms with Crippen LogP contribution in [0.5, 0.6) is 0 Å². The molecule has 0 aromatic rings. The first-order chi connectivity index (χ1) is 9.14. The molecule has 1 unspecified atom stereocenters. The number of halogens is 1. The second-order valence-corrected chi connectivity index (χ2v) is 7.85. The molecular weight excluding hydrogens is 272 g/mol. The van der Waals surface area contributed by atoms with Crippen molar-refractivity contribution in [3.63, 3.8) is 0 Å². The first kappa shape index (κ1) is 14.6. The quantitative estimate of drug-likeness (QED) is 0.809. The van der Waals surface area contributed by atoms with E-state index in [0.29, 0.717) is 5.91 Å². The third-order valence-electron chi connectivity index (χ3n) is 6.24. The van der Waals surface area contributed by atoms with Crippen LogP contribution in [0.15, 0.2) is 0 Å². The number of hydrogen-bond acceptors (Lipinski definition) is 2. The Labute approximate surface area is 128 Å². The van der Waals surface area contributed by atoms with Gasteiger partial charge in [-0.1, -0.05) is 0 Å². The third-order valence-corrected chi connectivity index (χ3v) is 6.24. The van der Waals surface area contributed by atoms with E-state index in [1.54, 1.807) is 0 Å². The van der Waals surface area contributed by atoms with Gasteiger partial charge in [0.15, 0.2) is 0 Å². The van der Waals surface area contributed by atoms with E-state index in [4.69, 9.17) is 5.73 Å². The van der Waals surface area contributed by atoms with Crippen molar-refractivity contribution in [2.45, 2.75) is 57.4 Å². The third kappa shape index (κ3) is 2.27. The molecule has 5 rings (SSSR count). The van der Waals surface area contributed by atoms with E-state index in [-0.39, 0.29) is 23.9 Å². The summed E-state index contributed by atoms with van der Waals surface area (Å²) in [6.07, 6.45) is 9.96. The van der Waals surface area contributed by atoms with Crippen molar-refractivity contribution in [3.8, 4) is 0 Å². The normalized spacial score (nSPS) is 46.1. The van der Waals surface area contributed by atoms with Crippen LogP contribution in [0.4, 0.5) is 0 Å². The van der Waals surface area contributed by atoms with Crippen LogP contribution in [-0.4, -0.2) is 29.9 Å². The molecule has 20 heavy (non-hydrogen) atoms. The fourth-order valence-electron chi connectivity index (χ4n) is 5.90. The maximum Gasteiger partial charge on any atom is 0.228 e.